The number of ether oxygens (including phenoxy) is 1. The molecule has 0 aliphatic rings. The normalized spacial score (nSPS) is 12.0. The first-order valence-electron chi connectivity index (χ1n) is 7.02. The SMILES string of the molecule is COC(=O)C(N)Cc1ccccc1-c1ccc(C)c(C)c1. The van der Waals surface area contributed by atoms with E-state index in [1.807, 2.05) is 18.2 Å². The Balaban J connectivity index is 2.36. The molecule has 0 bridgehead atoms. The molecule has 0 amide bonds. The molecule has 2 aromatic carbocycles. The Morgan fingerprint density at radius 3 is 2.52 bits per heavy atom. The van der Waals surface area contributed by atoms with Crippen LogP contribution < -0.4 is 5.73 Å². The zero-order valence-corrected chi connectivity index (χ0v) is 12.7. The molecule has 110 valence electrons. The summed E-state index contributed by atoms with van der Waals surface area (Å²) < 4.78 is 4.70. The molecule has 2 rings (SSSR count). The van der Waals surface area contributed by atoms with E-state index in [-0.39, 0.29) is 5.97 Å². The van der Waals surface area contributed by atoms with Gasteiger partial charge in [0.25, 0.3) is 0 Å². The fourth-order valence-corrected chi connectivity index (χ4v) is 2.36. The van der Waals surface area contributed by atoms with E-state index in [9.17, 15) is 4.79 Å². The van der Waals surface area contributed by atoms with Gasteiger partial charge in [-0.25, -0.2) is 0 Å². The van der Waals surface area contributed by atoms with Crippen LogP contribution in [0.1, 0.15) is 16.7 Å². The molecule has 2 aromatic rings. The smallest absolute Gasteiger partial charge is 0.322 e. The van der Waals surface area contributed by atoms with Crippen LogP contribution in [0, 0.1) is 13.8 Å². The predicted octanol–water partition coefficient (Wildman–Crippen LogP) is 3.01. The molecule has 0 heterocycles. The van der Waals surface area contributed by atoms with Crippen molar-refractivity contribution in [1.82, 2.24) is 0 Å². The van der Waals surface area contributed by atoms with E-state index in [0.717, 1.165) is 16.7 Å². The van der Waals surface area contributed by atoms with Crippen LogP contribution in [0.2, 0.25) is 0 Å². The number of benzene rings is 2. The molecule has 3 heteroatoms. The zero-order chi connectivity index (χ0) is 15.4. The van der Waals surface area contributed by atoms with Crippen LogP contribution in [0.4, 0.5) is 0 Å². The molecule has 0 saturated carbocycles. The third-order valence-electron chi connectivity index (χ3n) is 3.78. The van der Waals surface area contributed by atoms with Crippen molar-refractivity contribution in [2.24, 2.45) is 5.73 Å². The highest BCUT2D eigenvalue weighted by Crippen LogP contribution is 2.26. The van der Waals surface area contributed by atoms with Crippen molar-refractivity contribution >= 4 is 5.97 Å². The maximum atomic E-state index is 11.5. The highest BCUT2D eigenvalue weighted by atomic mass is 16.5. The summed E-state index contributed by atoms with van der Waals surface area (Å²) in [5.74, 6) is -0.384. The van der Waals surface area contributed by atoms with Crippen molar-refractivity contribution in [2.75, 3.05) is 7.11 Å². The summed E-state index contributed by atoms with van der Waals surface area (Å²) in [5.41, 5.74) is 11.7. The molecular formula is C18H21NO2. The van der Waals surface area contributed by atoms with Crippen molar-refractivity contribution in [2.45, 2.75) is 26.3 Å². The summed E-state index contributed by atoms with van der Waals surface area (Å²) in [6.07, 6.45) is 0.468. The number of hydrogen-bond acceptors (Lipinski definition) is 3. The monoisotopic (exact) mass is 283 g/mol. The van der Waals surface area contributed by atoms with Gasteiger partial charge in [0, 0.05) is 0 Å². The van der Waals surface area contributed by atoms with E-state index in [1.54, 1.807) is 0 Å². The fourth-order valence-electron chi connectivity index (χ4n) is 2.36. The van der Waals surface area contributed by atoms with Crippen LogP contribution in [0.3, 0.4) is 0 Å². The third-order valence-corrected chi connectivity index (χ3v) is 3.78. The number of carbonyl (C=O) groups is 1. The van der Waals surface area contributed by atoms with Crippen molar-refractivity contribution in [3.63, 3.8) is 0 Å². The van der Waals surface area contributed by atoms with E-state index in [0.29, 0.717) is 6.42 Å². The highest BCUT2D eigenvalue weighted by Gasteiger charge is 2.16. The summed E-state index contributed by atoms with van der Waals surface area (Å²) in [5, 5.41) is 0. The minimum atomic E-state index is -0.636. The molecule has 0 aromatic heterocycles. The lowest BCUT2D eigenvalue weighted by molar-refractivity contribution is -0.142. The molecular weight excluding hydrogens is 262 g/mol. The van der Waals surface area contributed by atoms with Crippen LogP contribution in [0.25, 0.3) is 11.1 Å². The Morgan fingerprint density at radius 1 is 1.14 bits per heavy atom. The zero-order valence-electron chi connectivity index (χ0n) is 12.7. The van der Waals surface area contributed by atoms with Gasteiger partial charge in [0.15, 0.2) is 0 Å². The maximum Gasteiger partial charge on any atom is 0.322 e. The van der Waals surface area contributed by atoms with Gasteiger partial charge in [-0.3, -0.25) is 4.79 Å². The van der Waals surface area contributed by atoms with Gasteiger partial charge in [-0.15, -0.1) is 0 Å². The molecule has 0 fully saturated rings. The second-order valence-corrected chi connectivity index (χ2v) is 5.29. The van der Waals surface area contributed by atoms with Gasteiger partial charge in [-0.2, -0.15) is 0 Å². The Morgan fingerprint density at radius 2 is 1.86 bits per heavy atom. The molecule has 0 aliphatic heterocycles. The van der Waals surface area contributed by atoms with Gasteiger partial charge in [-0.1, -0.05) is 42.5 Å². The minimum Gasteiger partial charge on any atom is -0.468 e. The number of carbonyl (C=O) groups excluding carboxylic acids is 1. The number of nitrogens with two attached hydrogens (primary N) is 1. The van der Waals surface area contributed by atoms with Crippen molar-refractivity contribution in [3.05, 3.63) is 59.2 Å². The van der Waals surface area contributed by atoms with Crippen molar-refractivity contribution in [3.8, 4) is 11.1 Å². The predicted molar refractivity (Wildman–Crippen MR) is 85.0 cm³/mol. The first-order chi connectivity index (χ1) is 10.0. The van der Waals surface area contributed by atoms with Gasteiger partial charge in [0.2, 0.25) is 0 Å². The number of rotatable bonds is 4. The molecule has 0 saturated heterocycles. The third kappa shape index (κ3) is 3.50. The minimum absolute atomic E-state index is 0.384. The van der Waals surface area contributed by atoms with E-state index in [2.05, 4.69) is 38.1 Å². The summed E-state index contributed by atoms with van der Waals surface area (Å²) in [7, 11) is 1.36. The van der Waals surface area contributed by atoms with Crippen molar-refractivity contribution < 1.29 is 9.53 Å². The van der Waals surface area contributed by atoms with E-state index >= 15 is 0 Å². The first-order valence-corrected chi connectivity index (χ1v) is 7.02. The largest absolute Gasteiger partial charge is 0.468 e. The second kappa shape index (κ2) is 6.55. The first kappa shape index (κ1) is 15.3. The molecule has 2 N–H and O–H groups in total. The summed E-state index contributed by atoms with van der Waals surface area (Å²) >= 11 is 0. The lowest BCUT2D eigenvalue weighted by Gasteiger charge is -2.14. The standard InChI is InChI=1S/C18H21NO2/c1-12-8-9-15(10-13(12)2)16-7-5-4-6-14(16)11-17(19)18(20)21-3/h4-10,17H,11,19H2,1-3H3. The fraction of sp³-hybridized carbons (Fsp3) is 0.278. The van der Waals surface area contributed by atoms with Gasteiger partial charge < -0.3 is 10.5 Å². The van der Waals surface area contributed by atoms with E-state index < -0.39 is 6.04 Å². The second-order valence-electron chi connectivity index (χ2n) is 5.29. The molecule has 0 radical (unpaired) electrons. The molecule has 1 atom stereocenters. The number of methoxy groups -OCH3 is 1. The van der Waals surface area contributed by atoms with Crippen LogP contribution in [0.15, 0.2) is 42.5 Å². The Hall–Kier alpha value is -2.13. The lowest BCUT2D eigenvalue weighted by atomic mass is 9.93. The van der Waals surface area contributed by atoms with Crippen LogP contribution in [-0.2, 0) is 16.0 Å². The maximum absolute atomic E-state index is 11.5. The Kier molecular flexibility index (Phi) is 4.76. The number of esters is 1. The van der Waals surface area contributed by atoms with Gasteiger partial charge in [0.05, 0.1) is 7.11 Å². The molecule has 0 aliphatic carbocycles. The number of aryl methyl sites for hydroxylation is 2. The molecule has 0 spiro atoms. The van der Waals surface area contributed by atoms with Gasteiger partial charge in [0.1, 0.15) is 6.04 Å². The van der Waals surface area contributed by atoms with E-state index in [1.165, 1.54) is 18.2 Å². The molecule has 21 heavy (non-hydrogen) atoms. The quantitative estimate of drug-likeness (QED) is 0.878. The topological polar surface area (TPSA) is 52.3 Å². The summed E-state index contributed by atoms with van der Waals surface area (Å²) in [6.45, 7) is 4.19. The van der Waals surface area contributed by atoms with E-state index in [4.69, 9.17) is 10.5 Å². The molecule has 3 nitrogen and oxygen atoms in total. The number of hydrogen-bond donors (Lipinski definition) is 1. The van der Waals surface area contributed by atoms with Crippen LogP contribution in [-0.4, -0.2) is 19.1 Å². The summed E-state index contributed by atoms with van der Waals surface area (Å²) in [4.78, 5) is 11.5. The summed E-state index contributed by atoms with van der Waals surface area (Å²) in [6, 6.07) is 13.8. The highest BCUT2D eigenvalue weighted by molar-refractivity contribution is 5.77. The van der Waals surface area contributed by atoms with Gasteiger partial charge >= 0.3 is 5.97 Å². The Labute approximate surface area is 125 Å². The average Bonchev–Trinajstić information content (AvgIpc) is 2.49. The van der Waals surface area contributed by atoms with Crippen molar-refractivity contribution in [1.29, 1.82) is 0 Å². The van der Waals surface area contributed by atoms with Crippen LogP contribution in [0.5, 0.6) is 0 Å². The average molecular weight is 283 g/mol. The molecule has 1 unspecified atom stereocenters. The van der Waals surface area contributed by atoms with Gasteiger partial charge in [-0.05, 0) is 48.1 Å². The lowest BCUT2D eigenvalue weighted by Crippen LogP contribution is -2.33. The van der Waals surface area contributed by atoms with Crippen LogP contribution >= 0.6 is 0 Å². The Bertz CT molecular complexity index is 649.